The molecule has 1 unspecified atom stereocenters. The van der Waals surface area contributed by atoms with E-state index in [0.717, 1.165) is 4.47 Å². The van der Waals surface area contributed by atoms with E-state index in [1.54, 1.807) is 25.1 Å². The van der Waals surface area contributed by atoms with Gasteiger partial charge in [-0.15, -0.1) is 0 Å². The summed E-state index contributed by atoms with van der Waals surface area (Å²) in [7, 11) is 0. The smallest absolute Gasteiger partial charge is 0.252 e. The van der Waals surface area contributed by atoms with Crippen molar-refractivity contribution in [1.82, 2.24) is 5.32 Å². The maximum absolute atomic E-state index is 11.7. The van der Waals surface area contributed by atoms with Crippen LogP contribution < -0.4 is 5.32 Å². The number of carbonyl (C=O) groups is 2. The van der Waals surface area contributed by atoms with E-state index in [1.807, 2.05) is 6.07 Å². The maximum atomic E-state index is 11.7. The highest BCUT2D eigenvalue weighted by atomic mass is 79.9. The third kappa shape index (κ3) is 3.16. The molecule has 1 atom stereocenters. The summed E-state index contributed by atoms with van der Waals surface area (Å²) in [6, 6.07) is 6.64. The molecule has 1 aromatic rings. The Balaban J connectivity index is 2.78. The molecule has 0 aliphatic heterocycles. The van der Waals surface area contributed by atoms with E-state index < -0.39 is 6.04 Å². The minimum atomic E-state index is -0.454. The molecule has 15 heavy (non-hydrogen) atoms. The number of hydrogen-bond acceptors (Lipinski definition) is 2. The quantitative estimate of drug-likeness (QED) is 0.914. The standard InChI is InChI=1S/C11H12BrNO2/c1-7(8(2)14)13-11(15)9-5-3-4-6-10(9)12/h3-7H,1-2H3,(H,13,15). The number of halogens is 1. The summed E-state index contributed by atoms with van der Waals surface area (Å²) in [4.78, 5) is 22.7. The predicted octanol–water partition coefficient (Wildman–Crippen LogP) is 2.16. The van der Waals surface area contributed by atoms with Crippen molar-refractivity contribution in [2.75, 3.05) is 0 Å². The number of rotatable bonds is 3. The van der Waals surface area contributed by atoms with Crippen molar-refractivity contribution in [3.8, 4) is 0 Å². The summed E-state index contributed by atoms with van der Waals surface area (Å²) in [6.45, 7) is 3.11. The largest absolute Gasteiger partial charge is 0.342 e. The van der Waals surface area contributed by atoms with E-state index >= 15 is 0 Å². The molecule has 0 aliphatic carbocycles. The van der Waals surface area contributed by atoms with E-state index in [4.69, 9.17) is 0 Å². The number of nitrogens with one attached hydrogen (secondary N) is 1. The molecule has 1 N–H and O–H groups in total. The molecule has 0 aliphatic rings. The van der Waals surface area contributed by atoms with Crippen LogP contribution in [0.4, 0.5) is 0 Å². The van der Waals surface area contributed by atoms with Crippen molar-refractivity contribution in [3.05, 3.63) is 34.3 Å². The van der Waals surface area contributed by atoms with E-state index in [1.165, 1.54) is 6.92 Å². The molecule has 3 nitrogen and oxygen atoms in total. The average Bonchev–Trinajstić information content (AvgIpc) is 2.18. The van der Waals surface area contributed by atoms with Crippen molar-refractivity contribution >= 4 is 27.6 Å². The highest BCUT2D eigenvalue weighted by Gasteiger charge is 2.14. The van der Waals surface area contributed by atoms with Gasteiger partial charge < -0.3 is 5.32 Å². The Bertz CT molecular complexity index is 390. The zero-order chi connectivity index (χ0) is 11.4. The van der Waals surface area contributed by atoms with Gasteiger partial charge in [0, 0.05) is 4.47 Å². The fourth-order valence-corrected chi connectivity index (χ4v) is 1.49. The van der Waals surface area contributed by atoms with Crippen LogP contribution in [-0.2, 0) is 4.79 Å². The third-order valence-electron chi connectivity index (χ3n) is 2.08. The van der Waals surface area contributed by atoms with Crippen LogP contribution in [0.15, 0.2) is 28.7 Å². The molecular formula is C11H12BrNO2. The van der Waals surface area contributed by atoms with Crippen LogP contribution in [0.3, 0.4) is 0 Å². The minimum absolute atomic E-state index is 0.0598. The summed E-state index contributed by atoms with van der Waals surface area (Å²) >= 11 is 3.28. The van der Waals surface area contributed by atoms with E-state index in [-0.39, 0.29) is 11.7 Å². The zero-order valence-corrected chi connectivity index (χ0v) is 10.2. The van der Waals surface area contributed by atoms with Gasteiger partial charge in [0.25, 0.3) is 5.91 Å². The number of ketones is 1. The van der Waals surface area contributed by atoms with Crippen LogP contribution in [0.1, 0.15) is 24.2 Å². The van der Waals surface area contributed by atoms with Crippen LogP contribution in [0, 0.1) is 0 Å². The van der Waals surface area contributed by atoms with E-state index in [0.29, 0.717) is 5.56 Å². The van der Waals surface area contributed by atoms with Crippen LogP contribution in [0.25, 0.3) is 0 Å². The lowest BCUT2D eigenvalue weighted by Crippen LogP contribution is -2.37. The van der Waals surface area contributed by atoms with Gasteiger partial charge in [0.05, 0.1) is 11.6 Å². The molecule has 0 spiro atoms. The van der Waals surface area contributed by atoms with Gasteiger partial charge in [0.2, 0.25) is 0 Å². The topological polar surface area (TPSA) is 46.2 Å². The van der Waals surface area contributed by atoms with Crippen molar-refractivity contribution < 1.29 is 9.59 Å². The van der Waals surface area contributed by atoms with Crippen molar-refractivity contribution in [2.45, 2.75) is 19.9 Å². The monoisotopic (exact) mass is 269 g/mol. The SMILES string of the molecule is CC(=O)C(C)NC(=O)c1ccccc1Br. The first-order chi connectivity index (χ1) is 7.02. The number of benzene rings is 1. The number of Topliss-reactive ketones (excluding diaryl/α,β-unsaturated/α-hetero) is 1. The molecule has 1 amide bonds. The number of amides is 1. The van der Waals surface area contributed by atoms with Crippen molar-refractivity contribution in [2.24, 2.45) is 0 Å². The minimum Gasteiger partial charge on any atom is -0.342 e. The Labute approximate surface area is 97.0 Å². The highest BCUT2D eigenvalue weighted by Crippen LogP contribution is 2.15. The average molecular weight is 270 g/mol. The molecule has 0 saturated heterocycles. The molecule has 0 fully saturated rings. The van der Waals surface area contributed by atoms with Crippen molar-refractivity contribution in [3.63, 3.8) is 0 Å². The molecule has 0 bridgehead atoms. The normalized spacial score (nSPS) is 11.9. The van der Waals surface area contributed by atoms with E-state index in [2.05, 4.69) is 21.2 Å². The first-order valence-electron chi connectivity index (χ1n) is 4.58. The Hall–Kier alpha value is -1.16. The second-order valence-electron chi connectivity index (χ2n) is 3.29. The number of carbonyl (C=O) groups excluding carboxylic acids is 2. The fourth-order valence-electron chi connectivity index (χ4n) is 1.02. The van der Waals surface area contributed by atoms with Gasteiger partial charge in [-0.25, -0.2) is 0 Å². The van der Waals surface area contributed by atoms with Gasteiger partial charge in [-0.2, -0.15) is 0 Å². The summed E-state index contributed by atoms with van der Waals surface area (Å²) in [5.74, 6) is -0.305. The second kappa shape index (κ2) is 5.07. The molecule has 1 rings (SSSR count). The van der Waals surface area contributed by atoms with Crippen LogP contribution in [-0.4, -0.2) is 17.7 Å². The zero-order valence-electron chi connectivity index (χ0n) is 8.58. The van der Waals surface area contributed by atoms with Gasteiger partial charge in [-0.1, -0.05) is 12.1 Å². The van der Waals surface area contributed by atoms with Gasteiger partial charge in [-0.05, 0) is 41.9 Å². The molecule has 4 heteroatoms. The Morgan fingerprint density at radius 3 is 2.47 bits per heavy atom. The Morgan fingerprint density at radius 1 is 1.33 bits per heavy atom. The lowest BCUT2D eigenvalue weighted by Gasteiger charge is -2.11. The first kappa shape index (κ1) is 11.9. The van der Waals surface area contributed by atoms with E-state index in [9.17, 15) is 9.59 Å². The lowest BCUT2D eigenvalue weighted by atomic mass is 10.2. The summed E-state index contributed by atoms with van der Waals surface area (Å²) < 4.78 is 0.721. The van der Waals surface area contributed by atoms with Crippen LogP contribution in [0.5, 0.6) is 0 Å². The van der Waals surface area contributed by atoms with Gasteiger partial charge in [0.1, 0.15) is 0 Å². The van der Waals surface area contributed by atoms with Crippen molar-refractivity contribution in [1.29, 1.82) is 0 Å². The molecule has 1 aromatic carbocycles. The maximum Gasteiger partial charge on any atom is 0.252 e. The molecule has 80 valence electrons. The Morgan fingerprint density at radius 2 is 1.93 bits per heavy atom. The van der Waals surface area contributed by atoms with Gasteiger partial charge >= 0.3 is 0 Å². The molecule has 0 saturated carbocycles. The molecular weight excluding hydrogens is 258 g/mol. The summed E-state index contributed by atoms with van der Waals surface area (Å²) in [5.41, 5.74) is 0.533. The Kier molecular flexibility index (Phi) is 4.03. The lowest BCUT2D eigenvalue weighted by molar-refractivity contribution is -0.118. The fraction of sp³-hybridized carbons (Fsp3) is 0.273. The summed E-state index contributed by atoms with van der Waals surface area (Å²) in [6.07, 6.45) is 0. The summed E-state index contributed by atoms with van der Waals surface area (Å²) in [5, 5.41) is 2.62. The first-order valence-corrected chi connectivity index (χ1v) is 5.37. The highest BCUT2D eigenvalue weighted by molar-refractivity contribution is 9.10. The van der Waals surface area contributed by atoms with Crippen LogP contribution in [0.2, 0.25) is 0 Å². The molecule has 0 aromatic heterocycles. The number of hydrogen-bond donors (Lipinski definition) is 1. The van der Waals surface area contributed by atoms with Gasteiger partial charge in [-0.3, -0.25) is 9.59 Å². The second-order valence-corrected chi connectivity index (χ2v) is 4.14. The van der Waals surface area contributed by atoms with Crippen LogP contribution >= 0.6 is 15.9 Å². The van der Waals surface area contributed by atoms with Gasteiger partial charge in [0.15, 0.2) is 5.78 Å². The molecule has 0 heterocycles. The third-order valence-corrected chi connectivity index (χ3v) is 2.77. The predicted molar refractivity (Wildman–Crippen MR) is 61.8 cm³/mol. The molecule has 0 radical (unpaired) electrons.